The van der Waals surface area contributed by atoms with E-state index in [4.69, 9.17) is 9.47 Å². The van der Waals surface area contributed by atoms with Gasteiger partial charge in [0.25, 0.3) is 0 Å². The SMILES string of the molecule is C=C1NC(=O)N[C@@H](c2cccs2)[C@@H]1C(=O)OCCOC. The Labute approximate surface area is 120 Å². The molecule has 20 heavy (non-hydrogen) atoms. The largest absolute Gasteiger partial charge is 0.463 e. The molecule has 0 radical (unpaired) electrons. The summed E-state index contributed by atoms with van der Waals surface area (Å²) in [5.74, 6) is -1.08. The molecule has 0 aromatic carbocycles. The van der Waals surface area contributed by atoms with Crippen LogP contribution in [0.15, 0.2) is 29.8 Å². The summed E-state index contributed by atoms with van der Waals surface area (Å²) in [5.41, 5.74) is 0.342. The van der Waals surface area contributed by atoms with E-state index < -0.39 is 17.9 Å². The van der Waals surface area contributed by atoms with Crippen LogP contribution in [0, 0.1) is 5.92 Å². The van der Waals surface area contributed by atoms with Crippen molar-refractivity contribution in [3.05, 3.63) is 34.7 Å². The predicted molar refractivity (Wildman–Crippen MR) is 74.2 cm³/mol. The standard InChI is InChI=1S/C13H16N2O4S/c1-8-10(12(16)19-6-5-18-2)11(15-13(17)14-8)9-4-3-7-20-9/h3-4,7,10-11H,1,5-6H2,2H3,(H2,14,15,17)/t10-,11+/m1/s1. The van der Waals surface area contributed by atoms with Gasteiger partial charge >= 0.3 is 12.0 Å². The third-order valence-corrected chi connectivity index (χ3v) is 3.86. The van der Waals surface area contributed by atoms with Gasteiger partial charge in [0.2, 0.25) is 0 Å². The smallest absolute Gasteiger partial charge is 0.319 e. The molecule has 0 bridgehead atoms. The van der Waals surface area contributed by atoms with Gasteiger partial charge in [0.15, 0.2) is 0 Å². The quantitative estimate of drug-likeness (QED) is 0.636. The van der Waals surface area contributed by atoms with Crippen LogP contribution in [-0.4, -0.2) is 32.3 Å². The highest BCUT2D eigenvalue weighted by Gasteiger charge is 2.39. The van der Waals surface area contributed by atoms with Crippen molar-refractivity contribution in [1.82, 2.24) is 10.6 Å². The van der Waals surface area contributed by atoms with Crippen LogP contribution in [-0.2, 0) is 14.3 Å². The maximum atomic E-state index is 12.2. The fourth-order valence-electron chi connectivity index (χ4n) is 1.98. The van der Waals surface area contributed by atoms with Gasteiger partial charge in [-0.05, 0) is 11.4 Å². The summed E-state index contributed by atoms with van der Waals surface area (Å²) < 4.78 is 9.98. The molecule has 1 aromatic heterocycles. The lowest BCUT2D eigenvalue weighted by Crippen LogP contribution is -2.51. The minimum Gasteiger partial charge on any atom is -0.463 e. The average molecular weight is 296 g/mol. The minimum atomic E-state index is -0.650. The second-order valence-corrected chi connectivity index (χ2v) is 5.23. The van der Waals surface area contributed by atoms with Crippen LogP contribution < -0.4 is 10.6 Å². The van der Waals surface area contributed by atoms with Gasteiger partial charge in [0.1, 0.15) is 12.5 Å². The van der Waals surface area contributed by atoms with Crippen LogP contribution in [0.3, 0.4) is 0 Å². The summed E-state index contributed by atoms with van der Waals surface area (Å²) in [6.45, 7) is 4.25. The first-order valence-electron chi connectivity index (χ1n) is 6.08. The van der Waals surface area contributed by atoms with Crippen LogP contribution in [0.4, 0.5) is 4.79 Å². The highest BCUT2D eigenvalue weighted by Crippen LogP contribution is 2.32. The van der Waals surface area contributed by atoms with Gasteiger partial charge < -0.3 is 20.1 Å². The summed E-state index contributed by atoms with van der Waals surface area (Å²) in [5, 5.41) is 7.15. The second-order valence-electron chi connectivity index (χ2n) is 4.25. The number of hydrogen-bond acceptors (Lipinski definition) is 5. The molecule has 2 N–H and O–H groups in total. The molecule has 7 heteroatoms. The van der Waals surface area contributed by atoms with Crippen molar-refractivity contribution < 1.29 is 19.1 Å². The van der Waals surface area contributed by atoms with E-state index in [1.807, 2.05) is 17.5 Å². The fourth-order valence-corrected chi connectivity index (χ4v) is 2.80. The first-order chi connectivity index (χ1) is 9.63. The Bertz CT molecular complexity index is 500. The van der Waals surface area contributed by atoms with E-state index in [9.17, 15) is 9.59 Å². The number of thiophene rings is 1. The summed E-state index contributed by atoms with van der Waals surface area (Å²) >= 11 is 1.47. The molecule has 1 aromatic rings. The van der Waals surface area contributed by atoms with Crippen molar-refractivity contribution in [1.29, 1.82) is 0 Å². The van der Waals surface area contributed by atoms with Crippen LogP contribution >= 0.6 is 11.3 Å². The van der Waals surface area contributed by atoms with Gasteiger partial charge in [-0.1, -0.05) is 12.6 Å². The first-order valence-corrected chi connectivity index (χ1v) is 6.96. The fraction of sp³-hybridized carbons (Fsp3) is 0.385. The van der Waals surface area contributed by atoms with Gasteiger partial charge in [-0.3, -0.25) is 4.79 Å². The highest BCUT2D eigenvalue weighted by molar-refractivity contribution is 7.10. The van der Waals surface area contributed by atoms with Crippen LogP contribution in [0.25, 0.3) is 0 Å². The Hall–Kier alpha value is -1.86. The highest BCUT2D eigenvalue weighted by atomic mass is 32.1. The van der Waals surface area contributed by atoms with E-state index in [1.54, 1.807) is 0 Å². The minimum absolute atomic E-state index is 0.171. The molecule has 0 aliphatic carbocycles. The van der Waals surface area contributed by atoms with Crippen molar-refractivity contribution in [2.75, 3.05) is 20.3 Å². The number of hydrogen-bond donors (Lipinski definition) is 2. The van der Waals surface area contributed by atoms with E-state index in [0.29, 0.717) is 12.3 Å². The third-order valence-electron chi connectivity index (χ3n) is 2.90. The Morgan fingerprint density at radius 2 is 2.30 bits per heavy atom. The molecule has 2 amide bonds. The Balaban J connectivity index is 2.15. The molecular weight excluding hydrogens is 280 g/mol. The lowest BCUT2D eigenvalue weighted by atomic mass is 9.93. The number of carbonyl (C=O) groups excluding carboxylic acids is 2. The van der Waals surface area contributed by atoms with Crippen LogP contribution in [0.2, 0.25) is 0 Å². The van der Waals surface area contributed by atoms with E-state index in [-0.39, 0.29) is 12.6 Å². The maximum Gasteiger partial charge on any atom is 0.319 e. The van der Waals surface area contributed by atoms with Crippen molar-refractivity contribution in [3.63, 3.8) is 0 Å². The number of urea groups is 1. The number of esters is 1. The van der Waals surface area contributed by atoms with Gasteiger partial charge in [-0.2, -0.15) is 0 Å². The van der Waals surface area contributed by atoms with Gasteiger partial charge in [-0.25, -0.2) is 4.79 Å². The van der Waals surface area contributed by atoms with Crippen molar-refractivity contribution in [3.8, 4) is 0 Å². The van der Waals surface area contributed by atoms with Crippen molar-refractivity contribution >= 4 is 23.3 Å². The van der Waals surface area contributed by atoms with Crippen molar-refractivity contribution in [2.45, 2.75) is 6.04 Å². The zero-order chi connectivity index (χ0) is 14.5. The zero-order valence-corrected chi connectivity index (χ0v) is 11.9. The Kier molecular flexibility index (Phi) is 4.75. The monoisotopic (exact) mass is 296 g/mol. The number of amides is 2. The number of nitrogens with one attached hydrogen (secondary N) is 2. The molecule has 1 fully saturated rings. The molecule has 1 aliphatic rings. The Morgan fingerprint density at radius 1 is 1.50 bits per heavy atom. The van der Waals surface area contributed by atoms with Gasteiger partial charge in [0, 0.05) is 17.7 Å². The maximum absolute atomic E-state index is 12.2. The van der Waals surface area contributed by atoms with Crippen LogP contribution in [0.1, 0.15) is 10.9 Å². The number of methoxy groups -OCH3 is 1. The van der Waals surface area contributed by atoms with Gasteiger partial charge in [0.05, 0.1) is 12.6 Å². The number of rotatable bonds is 5. The van der Waals surface area contributed by atoms with Crippen molar-refractivity contribution in [2.24, 2.45) is 5.92 Å². The zero-order valence-electron chi connectivity index (χ0n) is 11.0. The second kappa shape index (κ2) is 6.53. The summed E-state index contributed by atoms with van der Waals surface area (Å²) in [6, 6.07) is 2.91. The van der Waals surface area contributed by atoms with Gasteiger partial charge in [-0.15, -0.1) is 11.3 Å². The van der Waals surface area contributed by atoms with E-state index in [0.717, 1.165) is 4.88 Å². The lowest BCUT2D eigenvalue weighted by molar-refractivity contribution is -0.149. The molecule has 0 saturated carbocycles. The molecule has 0 unspecified atom stereocenters. The summed E-state index contributed by atoms with van der Waals surface area (Å²) in [4.78, 5) is 24.6. The third kappa shape index (κ3) is 3.17. The number of carbonyl (C=O) groups is 2. The van der Waals surface area contributed by atoms with E-state index in [1.165, 1.54) is 18.4 Å². The molecule has 0 spiro atoms. The molecule has 2 heterocycles. The normalized spacial score (nSPS) is 22.1. The molecule has 2 rings (SSSR count). The summed E-state index contributed by atoms with van der Waals surface area (Å²) in [6.07, 6.45) is 0. The number of ether oxygens (including phenoxy) is 2. The lowest BCUT2D eigenvalue weighted by Gasteiger charge is -2.32. The Morgan fingerprint density at radius 3 is 2.95 bits per heavy atom. The molecule has 1 aliphatic heterocycles. The predicted octanol–water partition coefficient (Wildman–Crippen LogP) is 1.42. The molecule has 2 atom stereocenters. The summed E-state index contributed by atoms with van der Waals surface area (Å²) in [7, 11) is 1.53. The topological polar surface area (TPSA) is 76.7 Å². The molecule has 1 saturated heterocycles. The molecular formula is C13H16N2O4S. The van der Waals surface area contributed by atoms with Crippen LogP contribution in [0.5, 0.6) is 0 Å². The average Bonchev–Trinajstić information content (AvgIpc) is 2.91. The molecule has 108 valence electrons. The van der Waals surface area contributed by atoms with E-state index in [2.05, 4.69) is 17.2 Å². The first kappa shape index (κ1) is 14.5. The molecule has 6 nitrogen and oxygen atoms in total. The van der Waals surface area contributed by atoms with E-state index >= 15 is 0 Å².